The standard InChI is InChI=1S/C6H7NO2S.C6H7NOS2/c2*1-3(2)4-5(8)7-6(9)10-4/h2*1-2H3,(H,7,8,9). The largest absolute Gasteiger partial charge is 0.307 e. The zero-order valence-corrected chi connectivity index (χ0v) is 13.9. The van der Waals surface area contributed by atoms with Gasteiger partial charge in [0.1, 0.15) is 4.32 Å². The Balaban J connectivity index is 0.000000200. The molecular weight excluding hydrogens is 316 g/mol. The smallest absolute Gasteiger partial charge is 0.290 e. The summed E-state index contributed by atoms with van der Waals surface area (Å²) in [6.07, 6.45) is 0. The zero-order chi connectivity index (χ0) is 15.4. The lowest BCUT2D eigenvalue weighted by molar-refractivity contribution is -0.116. The number of thioether (sulfide) groups is 2. The number of hydrogen-bond donors (Lipinski definition) is 2. The molecule has 0 unspecified atom stereocenters. The van der Waals surface area contributed by atoms with Crippen molar-refractivity contribution in [3.8, 4) is 0 Å². The van der Waals surface area contributed by atoms with Crippen LogP contribution in [0.1, 0.15) is 27.7 Å². The van der Waals surface area contributed by atoms with Crippen LogP contribution >= 0.6 is 35.7 Å². The summed E-state index contributed by atoms with van der Waals surface area (Å²) in [5.41, 5.74) is 1.90. The Kier molecular flexibility index (Phi) is 5.97. The Hall–Kier alpha value is -1.12. The first-order valence-electron chi connectivity index (χ1n) is 5.63. The van der Waals surface area contributed by atoms with Crippen LogP contribution < -0.4 is 10.6 Å². The molecule has 0 aromatic rings. The van der Waals surface area contributed by atoms with Crippen LogP contribution in [-0.2, 0) is 9.59 Å². The van der Waals surface area contributed by atoms with Crippen molar-refractivity contribution in [2.24, 2.45) is 0 Å². The van der Waals surface area contributed by atoms with Crippen molar-refractivity contribution >= 4 is 57.1 Å². The minimum Gasteiger partial charge on any atom is -0.307 e. The van der Waals surface area contributed by atoms with Crippen LogP contribution in [0.25, 0.3) is 0 Å². The molecule has 3 amide bonds. The molecule has 0 aromatic heterocycles. The molecule has 0 atom stereocenters. The molecule has 20 heavy (non-hydrogen) atoms. The van der Waals surface area contributed by atoms with Gasteiger partial charge < -0.3 is 5.32 Å². The van der Waals surface area contributed by atoms with Gasteiger partial charge in [0.25, 0.3) is 17.1 Å². The van der Waals surface area contributed by atoms with Gasteiger partial charge in [-0.25, -0.2) is 0 Å². The number of imide groups is 1. The monoisotopic (exact) mass is 330 g/mol. The molecule has 0 saturated carbocycles. The maximum Gasteiger partial charge on any atom is 0.290 e. The van der Waals surface area contributed by atoms with Crippen LogP contribution in [0.3, 0.4) is 0 Å². The van der Waals surface area contributed by atoms with Crippen LogP contribution in [0.15, 0.2) is 21.0 Å². The molecule has 5 nitrogen and oxygen atoms in total. The molecule has 2 rings (SSSR count). The van der Waals surface area contributed by atoms with E-state index in [-0.39, 0.29) is 17.1 Å². The van der Waals surface area contributed by atoms with E-state index in [9.17, 15) is 14.4 Å². The second-order valence-electron chi connectivity index (χ2n) is 4.35. The number of hydrogen-bond acceptors (Lipinski definition) is 6. The van der Waals surface area contributed by atoms with Crippen molar-refractivity contribution in [3.63, 3.8) is 0 Å². The third-order valence-corrected chi connectivity index (χ3v) is 4.66. The highest BCUT2D eigenvalue weighted by Gasteiger charge is 2.25. The van der Waals surface area contributed by atoms with Crippen molar-refractivity contribution < 1.29 is 14.4 Å². The Bertz CT molecular complexity index is 506. The summed E-state index contributed by atoms with van der Waals surface area (Å²) in [6.45, 7) is 7.41. The molecule has 0 spiro atoms. The number of carbonyl (C=O) groups excluding carboxylic acids is 3. The van der Waals surface area contributed by atoms with E-state index < -0.39 is 0 Å². The third-order valence-electron chi connectivity index (χ3n) is 2.14. The first-order chi connectivity index (χ1) is 9.22. The first-order valence-corrected chi connectivity index (χ1v) is 7.67. The van der Waals surface area contributed by atoms with E-state index in [0.29, 0.717) is 9.23 Å². The summed E-state index contributed by atoms with van der Waals surface area (Å²) >= 11 is 7.08. The molecule has 2 fully saturated rings. The lowest BCUT2D eigenvalue weighted by Crippen LogP contribution is -2.18. The number of allylic oxidation sites excluding steroid dienone is 2. The fourth-order valence-corrected chi connectivity index (χ4v) is 2.98. The van der Waals surface area contributed by atoms with Crippen molar-refractivity contribution in [2.75, 3.05) is 0 Å². The fraction of sp³-hybridized carbons (Fsp3) is 0.333. The second-order valence-corrected chi connectivity index (χ2v) is 7.02. The number of nitrogens with one attached hydrogen (secondary N) is 2. The van der Waals surface area contributed by atoms with Gasteiger partial charge in [-0.2, -0.15) is 0 Å². The van der Waals surface area contributed by atoms with Crippen LogP contribution in [0.2, 0.25) is 0 Å². The number of amides is 3. The normalized spacial score (nSPS) is 17.6. The van der Waals surface area contributed by atoms with E-state index >= 15 is 0 Å². The number of carbonyl (C=O) groups is 3. The summed E-state index contributed by atoms with van der Waals surface area (Å²) in [6, 6.07) is 0. The second kappa shape index (κ2) is 7.05. The van der Waals surface area contributed by atoms with E-state index in [1.54, 1.807) is 13.8 Å². The predicted molar refractivity (Wildman–Crippen MR) is 86.2 cm³/mol. The average molecular weight is 330 g/mol. The molecule has 108 valence electrons. The fourth-order valence-electron chi connectivity index (χ4n) is 1.29. The van der Waals surface area contributed by atoms with Gasteiger partial charge in [0.05, 0.1) is 9.81 Å². The quantitative estimate of drug-likeness (QED) is 0.525. The minimum atomic E-state index is -0.277. The molecule has 8 heteroatoms. The molecule has 0 radical (unpaired) electrons. The van der Waals surface area contributed by atoms with E-state index in [1.165, 1.54) is 11.8 Å². The predicted octanol–water partition coefficient (Wildman–Crippen LogP) is 2.69. The van der Waals surface area contributed by atoms with Gasteiger partial charge in [-0.15, -0.1) is 0 Å². The third kappa shape index (κ3) is 4.46. The van der Waals surface area contributed by atoms with Crippen molar-refractivity contribution in [2.45, 2.75) is 27.7 Å². The highest BCUT2D eigenvalue weighted by atomic mass is 32.2. The Morgan fingerprint density at radius 1 is 0.850 bits per heavy atom. The van der Waals surface area contributed by atoms with Gasteiger partial charge in [0, 0.05) is 0 Å². The number of rotatable bonds is 0. The summed E-state index contributed by atoms with van der Waals surface area (Å²) in [5.74, 6) is -0.329. The van der Waals surface area contributed by atoms with Gasteiger partial charge in [-0.1, -0.05) is 35.1 Å². The molecule has 2 N–H and O–H groups in total. The minimum absolute atomic E-state index is 0.0602. The van der Waals surface area contributed by atoms with Gasteiger partial charge in [0.15, 0.2) is 0 Å². The topological polar surface area (TPSA) is 75.3 Å². The van der Waals surface area contributed by atoms with Crippen LogP contribution in [-0.4, -0.2) is 21.4 Å². The van der Waals surface area contributed by atoms with E-state index in [1.807, 2.05) is 13.8 Å². The van der Waals surface area contributed by atoms with E-state index in [2.05, 4.69) is 10.6 Å². The van der Waals surface area contributed by atoms with Crippen LogP contribution in [0.5, 0.6) is 0 Å². The van der Waals surface area contributed by atoms with Crippen LogP contribution in [0.4, 0.5) is 4.79 Å². The molecule has 2 saturated heterocycles. The maximum atomic E-state index is 10.9. The zero-order valence-electron chi connectivity index (χ0n) is 11.4. The Morgan fingerprint density at radius 3 is 1.50 bits per heavy atom. The summed E-state index contributed by atoms with van der Waals surface area (Å²) in [5, 5.41) is 4.44. The van der Waals surface area contributed by atoms with Gasteiger partial charge in [-0.05, 0) is 39.5 Å². The van der Waals surface area contributed by atoms with E-state index in [4.69, 9.17) is 12.2 Å². The van der Waals surface area contributed by atoms with Gasteiger partial charge in [0.2, 0.25) is 0 Å². The summed E-state index contributed by atoms with van der Waals surface area (Å²) in [4.78, 5) is 33.6. The van der Waals surface area contributed by atoms with Crippen molar-refractivity contribution in [3.05, 3.63) is 21.0 Å². The van der Waals surface area contributed by atoms with Crippen LogP contribution in [0, 0.1) is 0 Å². The molecule has 2 heterocycles. The molecule has 0 bridgehead atoms. The average Bonchev–Trinajstić information content (AvgIpc) is 2.82. The van der Waals surface area contributed by atoms with Gasteiger partial charge >= 0.3 is 0 Å². The SMILES string of the molecule is CC(C)=C1SC(=O)NC1=O.CC(C)=C1SC(=S)NC1=O. The number of thiocarbonyl (C=S) groups is 1. The summed E-state index contributed by atoms with van der Waals surface area (Å²) < 4.78 is 0.557. The van der Waals surface area contributed by atoms with Gasteiger partial charge in [-0.3, -0.25) is 19.7 Å². The molecule has 2 aliphatic rings. The molecule has 0 aliphatic carbocycles. The first kappa shape index (κ1) is 16.9. The molecule has 2 aliphatic heterocycles. The summed E-state index contributed by atoms with van der Waals surface area (Å²) in [7, 11) is 0. The molecular formula is C12H14N2O3S3. The Labute approximate surface area is 131 Å². The highest BCUT2D eigenvalue weighted by Crippen LogP contribution is 2.26. The van der Waals surface area contributed by atoms with Crippen molar-refractivity contribution in [1.29, 1.82) is 0 Å². The highest BCUT2D eigenvalue weighted by molar-refractivity contribution is 8.26. The Morgan fingerprint density at radius 2 is 1.30 bits per heavy atom. The lowest BCUT2D eigenvalue weighted by Gasteiger charge is -1.91. The lowest BCUT2D eigenvalue weighted by atomic mass is 10.3. The van der Waals surface area contributed by atoms with Crippen molar-refractivity contribution in [1.82, 2.24) is 10.6 Å². The van der Waals surface area contributed by atoms with E-state index in [0.717, 1.165) is 27.8 Å². The maximum absolute atomic E-state index is 10.9. The molecule has 0 aromatic carbocycles.